The zero-order valence-corrected chi connectivity index (χ0v) is 15.0. The Morgan fingerprint density at radius 2 is 2.23 bits per heavy atom. The van der Waals surface area contributed by atoms with Crippen molar-refractivity contribution in [3.8, 4) is 0 Å². The number of hydrogen-bond donors (Lipinski definition) is 3. The molecule has 1 amide bonds. The number of hydrogen-bond acceptors (Lipinski definition) is 6. The summed E-state index contributed by atoms with van der Waals surface area (Å²) in [6.07, 6.45) is 6.69. The number of ether oxygens (including phenoxy) is 1. The summed E-state index contributed by atoms with van der Waals surface area (Å²) in [4.78, 5) is 20.0. The van der Waals surface area contributed by atoms with Crippen LogP contribution in [0.25, 0.3) is 5.57 Å². The third-order valence-electron chi connectivity index (χ3n) is 4.06. The van der Waals surface area contributed by atoms with Gasteiger partial charge in [-0.2, -0.15) is 0 Å². The van der Waals surface area contributed by atoms with Crippen LogP contribution in [0, 0.1) is 5.92 Å². The number of nitrogens with zero attached hydrogens (tertiary/aromatic N) is 2. The SMILES string of the molecule is CCCCN.NC(=O)c1ccc2c(c1)N=C(OCCO)C1CC=NC=C21. The summed E-state index contributed by atoms with van der Waals surface area (Å²) in [5, 5.41) is 8.92. The Balaban J connectivity index is 0.000000431. The second kappa shape index (κ2) is 9.84. The van der Waals surface area contributed by atoms with Gasteiger partial charge in [0.25, 0.3) is 0 Å². The van der Waals surface area contributed by atoms with E-state index in [1.54, 1.807) is 18.3 Å². The molecule has 5 N–H and O–H groups in total. The van der Waals surface area contributed by atoms with Crippen molar-refractivity contribution in [3.05, 3.63) is 35.5 Å². The predicted octanol–water partition coefficient (Wildman–Crippen LogP) is 2.01. The summed E-state index contributed by atoms with van der Waals surface area (Å²) in [5.74, 6) is 0.0418. The molecule has 1 atom stereocenters. The summed E-state index contributed by atoms with van der Waals surface area (Å²) in [7, 11) is 0. The van der Waals surface area contributed by atoms with Gasteiger partial charge < -0.3 is 21.3 Å². The van der Waals surface area contributed by atoms with Crippen molar-refractivity contribution in [2.45, 2.75) is 26.2 Å². The minimum atomic E-state index is -0.497. The lowest BCUT2D eigenvalue weighted by Gasteiger charge is -2.28. The van der Waals surface area contributed by atoms with E-state index in [0.29, 0.717) is 23.6 Å². The van der Waals surface area contributed by atoms with Crippen LogP contribution >= 0.6 is 0 Å². The molecule has 0 spiro atoms. The average molecular weight is 358 g/mol. The molecule has 26 heavy (non-hydrogen) atoms. The molecular weight excluding hydrogens is 332 g/mol. The van der Waals surface area contributed by atoms with Gasteiger partial charge in [0.2, 0.25) is 5.91 Å². The van der Waals surface area contributed by atoms with Crippen LogP contribution in [0.5, 0.6) is 0 Å². The van der Waals surface area contributed by atoms with Gasteiger partial charge in [-0.25, -0.2) is 4.99 Å². The molecule has 0 bridgehead atoms. The summed E-state index contributed by atoms with van der Waals surface area (Å²) >= 11 is 0. The minimum absolute atomic E-state index is 0.000906. The number of aliphatic hydroxyl groups excluding tert-OH is 1. The molecule has 1 aromatic rings. The summed E-state index contributed by atoms with van der Waals surface area (Å²) in [5.41, 5.74) is 13.4. The lowest BCUT2D eigenvalue weighted by atomic mass is 9.85. The lowest BCUT2D eigenvalue weighted by molar-refractivity contribution is 0.100. The van der Waals surface area contributed by atoms with Crippen LogP contribution in [0.1, 0.15) is 42.1 Å². The van der Waals surface area contributed by atoms with Gasteiger partial charge in [-0.1, -0.05) is 19.4 Å². The second-order valence-electron chi connectivity index (χ2n) is 5.96. The van der Waals surface area contributed by atoms with E-state index in [1.807, 2.05) is 12.3 Å². The first kappa shape index (κ1) is 19.8. The first-order valence-corrected chi connectivity index (χ1v) is 8.80. The molecule has 3 rings (SSSR count). The van der Waals surface area contributed by atoms with Gasteiger partial charge in [-0.05, 0) is 37.1 Å². The van der Waals surface area contributed by atoms with Crippen LogP contribution in [0.2, 0.25) is 0 Å². The maximum Gasteiger partial charge on any atom is 0.248 e. The molecule has 2 aliphatic heterocycles. The molecule has 140 valence electrons. The predicted molar refractivity (Wildman–Crippen MR) is 104 cm³/mol. The molecule has 7 heteroatoms. The van der Waals surface area contributed by atoms with E-state index in [4.69, 9.17) is 21.3 Å². The maximum absolute atomic E-state index is 11.3. The highest BCUT2D eigenvalue weighted by molar-refractivity contribution is 6.03. The van der Waals surface area contributed by atoms with E-state index in [0.717, 1.165) is 17.7 Å². The molecule has 0 aliphatic carbocycles. The van der Waals surface area contributed by atoms with E-state index in [9.17, 15) is 4.79 Å². The number of primary amides is 1. The average Bonchev–Trinajstić information content (AvgIpc) is 2.66. The molecule has 0 saturated carbocycles. The van der Waals surface area contributed by atoms with Gasteiger partial charge >= 0.3 is 0 Å². The van der Waals surface area contributed by atoms with Crippen molar-refractivity contribution in [1.82, 2.24) is 0 Å². The number of carbonyl (C=O) groups excluding carboxylic acids is 1. The van der Waals surface area contributed by atoms with Gasteiger partial charge in [-0.15, -0.1) is 0 Å². The Bertz CT molecular complexity index is 723. The molecule has 0 radical (unpaired) electrons. The fraction of sp³-hybridized carbons (Fsp3) is 0.421. The number of rotatable bonds is 5. The molecule has 2 aliphatic rings. The van der Waals surface area contributed by atoms with Crippen molar-refractivity contribution >= 4 is 29.3 Å². The molecule has 0 aromatic heterocycles. The van der Waals surface area contributed by atoms with Gasteiger partial charge in [0.1, 0.15) is 6.61 Å². The molecule has 1 aromatic carbocycles. The van der Waals surface area contributed by atoms with Gasteiger partial charge in [-0.3, -0.25) is 9.79 Å². The van der Waals surface area contributed by atoms with E-state index in [1.165, 1.54) is 12.8 Å². The minimum Gasteiger partial charge on any atom is -0.478 e. The fourth-order valence-electron chi connectivity index (χ4n) is 2.71. The third-order valence-corrected chi connectivity index (χ3v) is 4.06. The van der Waals surface area contributed by atoms with Crippen LogP contribution in [0.15, 0.2) is 34.4 Å². The quantitative estimate of drug-likeness (QED) is 0.745. The van der Waals surface area contributed by atoms with Crippen LogP contribution in [0.3, 0.4) is 0 Å². The third kappa shape index (κ3) is 4.77. The van der Waals surface area contributed by atoms with Crippen molar-refractivity contribution in [1.29, 1.82) is 0 Å². The van der Waals surface area contributed by atoms with Crippen molar-refractivity contribution < 1.29 is 14.6 Å². The van der Waals surface area contributed by atoms with Crippen LogP contribution in [-0.4, -0.2) is 42.9 Å². The first-order valence-electron chi connectivity index (χ1n) is 8.80. The fourth-order valence-corrected chi connectivity index (χ4v) is 2.71. The highest BCUT2D eigenvalue weighted by Gasteiger charge is 2.30. The summed E-state index contributed by atoms with van der Waals surface area (Å²) in [6, 6.07) is 5.17. The topological polar surface area (TPSA) is 123 Å². The van der Waals surface area contributed by atoms with E-state index >= 15 is 0 Å². The normalized spacial score (nSPS) is 17.1. The smallest absolute Gasteiger partial charge is 0.248 e. The molecule has 7 nitrogen and oxygen atoms in total. The molecule has 1 unspecified atom stereocenters. The molecule has 0 fully saturated rings. The number of fused-ring (bicyclic) bond motifs is 3. The van der Waals surface area contributed by atoms with Gasteiger partial charge in [0.05, 0.1) is 18.2 Å². The zero-order valence-electron chi connectivity index (χ0n) is 15.0. The Morgan fingerprint density at radius 1 is 1.42 bits per heavy atom. The number of unbranched alkanes of at least 4 members (excludes halogenated alkanes) is 1. The highest BCUT2D eigenvalue weighted by Crippen LogP contribution is 2.40. The maximum atomic E-state index is 11.3. The Kier molecular flexibility index (Phi) is 7.50. The zero-order chi connectivity index (χ0) is 18.9. The lowest BCUT2D eigenvalue weighted by Crippen LogP contribution is -2.25. The van der Waals surface area contributed by atoms with Gasteiger partial charge in [0.15, 0.2) is 5.90 Å². The standard InChI is InChI=1S/C15H15N3O3.C4H11N/c16-14(20)9-1-2-10-12-8-17-4-3-11(12)15(21-6-5-19)18-13(10)7-9;1-2-3-4-5/h1-2,4,7-8,11,19H,3,5-6H2,(H2,16,20);2-5H2,1H3. The number of amides is 1. The van der Waals surface area contributed by atoms with Crippen molar-refractivity contribution in [3.63, 3.8) is 0 Å². The monoisotopic (exact) mass is 358 g/mol. The summed E-state index contributed by atoms with van der Waals surface area (Å²) < 4.78 is 5.54. The van der Waals surface area contributed by atoms with Crippen LogP contribution < -0.4 is 11.5 Å². The van der Waals surface area contributed by atoms with Crippen LogP contribution in [0.4, 0.5) is 5.69 Å². The van der Waals surface area contributed by atoms with E-state index in [-0.39, 0.29) is 19.1 Å². The van der Waals surface area contributed by atoms with E-state index in [2.05, 4.69) is 16.9 Å². The molecular formula is C19H26N4O3. The molecule has 0 saturated heterocycles. The van der Waals surface area contributed by atoms with Gasteiger partial charge in [0, 0.05) is 23.5 Å². The number of benzene rings is 1. The Labute approximate surface area is 153 Å². The number of carbonyl (C=O) groups is 1. The van der Waals surface area contributed by atoms with Crippen molar-refractivity contribution in [2.24, 2.45) is 27.4 Å². The summed E-state index contributed by atoms with van der Waals surface area (Å²) in [6.45, 7) is 3.08. The Morgan fingerprint density at radius 3 is 2.85 bits per heavy atom. The highest BCUT2D eigenvalue weighted by atomic mass is 16.5. The Hall–Kier alpha value is -2.51. The number of nitrogens with two attached hydrogens (primary N) is 2. The van der Waals surface area contributed by atoms with E-state index < -0.39 is 5.91 Å². The largest absolute Gasteiger partial charge is 0.478 e. The number of aliphatic hydroxyl groups is 1. The van der Waals surface area contributed by atoms with Crippen molar-refractivity contribution in [2.75, 3.05) is 19.8 Å². The molecule has 2 heterocycles. The second-order valence-corrected chi connectivity index (χ2v) is 5.96. The van der Waals surface area contributed by atoms with Crippen LogP contribution in [-0.2, 0) is 4.74 Å². The first-order chi connectivity index (χ1) is 12.6. The number of aliphatic imine (C=N–C) groups is 2.